The summed E-state index contributed by atoms with van der Waals surface area (Å²) in [5.74, 6) is 1.80. The molecule has 1 saturated heterocycles. The summed E-state index contributed by atoms with van der Waals surface area (Å²) < 4.78 is 0. The van der Waals surface area contributed by atoms with E-state index in [0.717, 1.165) is 41.3 Å². The van der Waals surface area contributed by atoms with Crippen LogP contribution < -0.4 is 4.90 Å². The normalized spacial score (nSPS) is 16.3. The fourth-order valence-electron chi connectivity index (χ4n) is 2.99. The number of nitrogens with zero attached hydrogens (tertiary/aromatic N) is 3. The molecule has 2 heterocycles. The maximum Gasteiger partial charge on any atom is 0.130 e. The van der Waals surface area contributed by atoms with Gasteiger partial charge in [0.2, 0.25) is 0 Å². The summed E-state index contributed by atoms with van der Waals surface area (Å²) in [6.45, 7) is 4.37. The van der Waals surface area contributed by atoms with Crippen molar-refractivity contribution in [2.45, 2.75) is 26.2 Å². The zero-order valence-electron chi connectivity index (χ0n) is 11.8. The van der Waals surface area contributed by atoms with Crippen molar-refractivity contribution in [3.63, 3.8) is 0 Å². The van der Waals surface area contributed by atoms with E-state index in [1.54, 1.807) is 0 Å². The third kappa shape index (κ3) is 2.34. The van der Waals surface area contributed by atoms with Gasteiger partial charge in [-0.3, -0.25) is 0 Å². The highest BCUT2D eigenvalue weighted by atomic mass is 15.2. The zero-order valence-corrected chi connectivity index (χ0v) is 11.8. The van der Waals surface area contributed by atoms with E-state index in [0.29, 0.717) is 0 Å². The van der Waals surface area contributed by atoms with E-state index >= 15 is 0 Å². The summed E-state index contributed by atoms with van der Waals surface area (Å²) in [5.41, 5.74) is 1.64. The molecule has 0 saturated carbocycles. The highest BCUT2D eigenvalue weighted by Gasteiger charge is 2.19. The van der Waals surface area contributed by atoms with Crippen molar-refractivity contribution in [2.75, 3.05) is 18.0 Å². The fourth-order valence-corrected chi connectivity index (χ4v) is 2.99. The molecule has 0 spiro atoms. The Hall–Kier alpha value is -2.08. The molecule has 0 unspecified atom stereocenters. The maximum absolute atomic E-state index is 9.34. The van der Waals surface area contributed by atoms with Crippen LogP contribution in [0.2, 0.25) is 0 Å². The van der Waals surface area contributed by atoms with Crippen LogP contribution in [-0.2, 0) is 0 Å². The van der Waals surface area contributed by atoms with E-state index in [2.05, 4.69) is 17.9 Å². The number of piperidine rings is 1. The van der Waals surface area contributed by atoms with Crippen LogP contribution in [0, 0.1) is 17.2 Å². The molecule has 1 fully saturated rings. The first-order valence-corrected chi connectivity index (χ1v) is 7.36. The smallest absolute Gasteiger partial charge is 0.130 e. The second-order valence-corrected chi connectivity index (χ2v) is 5.50. The van der Waals surface area contributed by atoms with Gasteiger partial charge in [-0.2, -0.15) is 5.26 Å². The standard InChI is InChI=1S/C17H19N3/c1-2-13-7-9-20(10-8-13)17-11-14(12-18)15-5-3-4-6-16(15)19-17/h3-6,11,13H,2,7-10H2,1H3. The third-order valence-electron chi connectivity index (χ3n) is 4.34. The molecule has 2 aromatic rings. The first kappa shape index (κ1) is 12.9. The Labute approximate surface area is 119 Å². The third-order valence-corrected chi connectivity index (χ3v) is 4.34. The van der Waals surface area contributed by atoms with Gasteiger partial charge < -0.3 is 4.90 Å². The van der Waals surface area contributed by atoms with Crippen molar-refractivity contribution < 1.29 is 0 Å². The number of benzene rings is 1. The number of hydrogen-bond acceptors (Lipinski definition) is 3. The number of aromatic nitrogens is 1. The summed E-state index contributed by atoms with van der Waals surface area (Å²) in [5, 5.41) is 10.3. The van der Waals surface area contributed by atoms with Gasteiger partial charge in [0.15, 0.2) is 0 Å². The molecule has 3 heteroatoms. The largest absolute Gasteiger partial charge is 0.357 e. The van der Waals surface area contributed by atoms with Gasteiger partial charge in [-0.1, -0.05) is 31.5 Å². The van der Waals surface area contributed by atoms with E-state index in [4.69, 9.17) is 4.98 Å². The molecule has 20 heavy (non-hydrogen) atoms. The minimum atomic E-state index is 0.725. The molecular formula is C17H19N3. The van der Waals surface area contributed by atoms with Crippen LogP contribution in [0.4, 0.5) is 5.82 Å². The second-order valence-electron chi connectivity index (χ2n) is 5.50. The van der Waals surface area contributed by atoms with E-state index in [1.165, 1.54) is 19.3 Å². The average molecular weight is 265 g/mol. The van der Waals surface area contributed by atoms with Crippen LogP contribution in [-0.4, -0.2) is 18.1 Å². The van der Waals surface area contributed by atoms with Gasteiger partial charge >= 0.3 is 0 Å². The minimum absolute atomic E-state index is 0.725. The van der Waals surface area contributed by atoms with Gasteiger partial charge in [-0.15, -0.1) is 0 Å². The van der Waals surface area contributed by atoms with Crippen LogP contribution in [0.25, 0.3) is 10.9 Å². The van der Waals surface area contributed by atoms with E-state index in [-0.39, 0.29) is 0 Å². The number of nitriles is 1. The molecule has 1 aromatic carbocycles. The van der Waals surface area contributed by atoms with Crippen molar-refractivity contribution >= 4 is 16.7 Å². The highest BCUT2D eigenvalue weighted by molar-refractivity contribution is 5.86. The van der Waals surface area contributed by atoms with Crippen molar-refractivity contribution in [3.05, 3.63) is 35.9 Å². The Bertz CT molecular complexity index is 649. The molecule has 0 radical (unpaired) electrons. The summed E-state index contributed by atoms with van der Waals surface area (Å²) in [4.78, 5) is 7.05. The number of fused-ring (bicyclic) bond motifs is 1. The maximum atomic E-state index is 9.34. The number of rotatable bonds is 2. The lowest BCUT2D eigenvalue weighted by Gasteiger charge is -2.32. The number of pyridine rings is 1. The first-order chi connectivity index (χ1) is 9.81. The number of hydrogen-bond donors (Lipinski definition) is 0. The number of anilines is 1. The molecule has 0 aliphatic carbocycles. The number of para-hydroxylation sites is 1. The van der Waals surface area contributed by atoms with Gasteiger partial charge in [0, 0.05) is 18.5 Å². The Balaban J connectivity index is 1.95. The molecular weight excluding hydrogens is 246 g/mol. The lowest BCUT2D eigenvalue weighted by molar-refractivity contribution is 0.394. The topological polar surface area (TPSA) is 39.9 Å². The molecule has 3 rings (SSSR count). The molecule has 1 aliphatic heterocycles. The van der Waals surface area contributed by atoms with E-state index < -0.39 is 0 Å². The van der Waals surface area contributed by atoms with Crippen molar-refractivity contribution in [1.82, 2.24) is 4.98 Å². The predicted molar refractivity (Wildman–Crippen MR) is 81.7 cm³/mol. The second kappa shape index (κ2) is 5.50. The van der Waals surface area contributed by atoms with Gasteiger partial charge in [0.1, 0.15) is 5.82 Å². The summed E-state index contributed by atoms with van der Waals surface area (Å²) in [6.07, 6.45) is 3.72. The van der Waals surface area contributed by atoms with Gasteiger partial charge in [0.05, 0.1) is 17.1 Å². The van der Waals surface area contributed by atoms with Crippen LogP contribution in [0.15, 0.2) is 30.3 Å². The van der Waals surface area contributed by atoms with Crippen molar-refractivity contribution in [2.24, 2.45) is 5.92 Å². The summed E-state index contributed by atoms with van der Waals surface area (Å²) >= 11 is 0. The Morgan fingerprint density at radius 3 is 2.75 bits per heavy atom. The molecule has 0 amide bonds. The average Bonchev–Trinajstić information content (AvgIpc) is 2.54. The van der Waals surface area contributed by atoms with Crippen LogP contribution in [0.3, 0.4) is 0 Å². The Morgan fingerprint density at radius 1 is 1.30 bits per heavy atom. The van der Waals surface area contributed by atoms with Crippen molar-refractivity contribution in [1.29, 1.82) is 5.26 Å². The van der Waals surface area contributed by atoms with E-state index in [9.17, 15) is 5.26 Å². The molecule has 0 atom stereocenters. The molecule has 3 nitrogen and oxygen atoms in total. The minimum Gasteiger partial charge on any atom is -0.357 e. The first-order valence-electron chi connectivity index (χ1n) is 7.36. The van der Waals surface area contributed by atoms with Crippen LogP contribution >= 0.6 is 0 Å². The SMILES string of the molecule is CCC1CCN(c2cc(C#N)c3ccccc3n2)CC1. The van der Waals surface area contributed by atoms with Crippen LogP contribution in [0.5, 0.6) is 0 Å². The quantitative estimate of drug-likeness (QED) is 0.830. The predicted octanol–water partition coefficient (Wildman–Crippen LogP) is 3.73. The van der Waals surface area contributed by atoms with Gasteiger partial charge in [0.25, 0.3) is 0 Å². The van der Waals surface area contributed by atoms with Crippen molar-refractivity contribution in [3.8, 4) is 6.07 Å². The Kier molecular flexibility index (Phi) is 3.56. The lowest BCUT2D eigenvalue weighted by Crippen LogP contribution is -2.34. The van der Waals surface area contributed by atoms with Gasteiger partial charge in [-0.05, 0) is 30.9 Å². The lowest BCUT2D eigenvalue weighted by atomic mass is 9.94. The van der Waals surface area contributed by atoms with Crippen LogP contribution in [0.1, 0.15) is 31.7 Å². The molecule has 0 N–H and O–H groups in total. The zero-order chi connectivity index (χ0) is 13.9. The highest BCUT2D eigenvalue weighted by Crippen LogP contribution is 2.27. The summed E-state index contributed by atoms with van der Waals surface area (Å²) in [7, 11) is 0. The molecule has 1 aliphatic rings. The molecule has 1 aromatic heterocycles. The molecule has 102 valence electrons. The summed E-state index contributed by atoms with van der Waals surface area (Å²) in [6, 6.07) is 12.1. The molecule has 0 bridgehead atoms. The monoisotopic (exact) mass is 265 g/mol. The van der Waals surface area contributed by atoms with Gasteiger partial charge in [-0.25, -0.2) is 4.98 Å². The van der Waals surface area contributed by atoms with E-state index in [1.807, 2.05) is 30.3 Å². The Morgan fingerprint density at radius 2 is 2.05 bits per heavy atom. The fraction of sp³-hybridized carbons (Fsp3) is 0.412.